The first-order chi connectivity index (χ1) is 11.4. The number of furan rings is 1. The van der Waals surface area contributed by atoms with E-state index < -0.39 is 5.60 Å². The number of aromatic hydroxyl groups is 1. The number of hydrogen-bond donors (Lipinski definition) is 1. The summed E-state index contributed by atoms with van der Waals surface area (Å²) in [6, 6.07) is 5.76. The number of rotatable bonds is 1. The summed E-state index contributed by atoms with van der Waals surface area (Å²) in [6.45, 7) is 7.94. The van der Waals surface area contributed by atoms with Crippen LogP contribution < -0.4 is 4.74 Å². The molecule has 3 aromatic rings. The van der Waals surface area contributed by atoms with E-state index in [1.807, 2.05) is 39.0 Å². The molecule has 24 heavy (non-hydrogen) atoms. The number of pyridine rings is 1. The van der Waals surface area contributed by atoms with E-state index in [4.69, 9.17) is 9.15 Å². The Bertz CT molecular complexity index is 924. The Morgan fingerprint density at radius 3 is 2.71 bits per heavy atom. The lowest BCUT2D eigenvalue weighted by Crippen LogP contribution is -2.34. The van der Waals surface area contributed by atoms with Crippen molar-refractivity contribution < 1.29 is 14.3 Å². The van der Waals surface area contributed by atoms with Gasteiger partial charge in [0.25, 0.3) is 0 Å². The van der Waals surface area contributed by atoms with Crippen molar-refractivity contribution in [3.63, 3.8) is 0 Å². The number of nitrogens with zero attached hydrogens (tertiary/aromatic N) is 1. The highest BCUT2D eigenvalue weighted by atomic mass is 16.5. The van der Waals surface area contributed by atoms with Gasteiger partial charge in [0, 0.05) is 17.8 Å². The fraction of sp³-hybridized carbons (Fsp3) is 0.350. The van der Waals surface area contributed by atoms with Crippen molar-refractivity contribution in [2.75, 3.05) is 0 Å². The Balaban J connectivity index is 1.83. The highest BCUT2D eigenvalue weighted by Crippen LogP contribution is 2.46. The minimum atomic E-state index is -0.533. The number of hydrogen-bond acceptors (Lipinski definition) is 4. The van der Waals surface area contributed by atoms with Crippen molar-refractivity contribution in [1.29, 1.82) is 0 Å². The van der Waals surface area contributed by atoms with Crippen molar-refractivity contribution >= 4 is 11.1 Å². The smallest absolute Gasteiger partial charge is 0.164 e. The zero-order valence-electron chi connectivity index (χ0n) is 14.4. The Kier molecular flexibility index (Phi) is 3.14. The average molecular weight is 323 g/mol. The molecular formula is C20H21NO3. The van der Waals surface area contributed by atoms with E-state index in [1.54, 1.807) is 6.20 Å². The molecule has 4 nitrogen and oxygen atoms in total. The molecule has 2 aromatic heterocycles. The van der Waals surface area contributed by atoms with Crippen LogP contribution in [0.15, 0.2) is 28.8 Å². The summed E-state index contributed by atoms with van der Waals surface area (Å²) in [5, 5.41) is 10.3. The van der Waals surface area contributed by atoms with Gasteiger partial charge in [-0.2, -0.15) is 0 Å². The number of phenolic OH excluding ortho intramolecular Hbond substituents is 1. The first kappa shape index (κ1) is 15.1. The van der Waals surface area contributed by atoms with E-state index in [-0.39, 0.29) is 0 Å². The van der Waals surface area contributed by atoms with Crippen LogP contribution in [0.5, 0.6) is 11.5 Å². The molecule has 0 fully saturated rings. The van der Waals surface area contributed by atoms with Gasteiger partial charge in [-0.1, -0.05) is 0 Å². The monoisotopic (exact) mass is 323 g/mol. The number of phenols is 1. The second-order valence-electron chi connectivity index (χ2n) is 6.86. The minimum absolute atomic E-state index is 0.381. The quantitative estimate of drug-likeness (QED) is 0.705. The number of aromatic nitrogens is 1. The third kappa shape index (κ3) is 2.02. The molecule has 1 N–H and O–H groups in total. The normalized spacial score (nSPS) is 20.0. The van der Waals surface area contributed by atoms with Gasteiger partial charge in [-0.3, -0.25) is 4.98 Å². The van der Waals surface area contributed by atoms with Gasteiger partial charge in [-0.15, -0.1) is 0 Å². The highest BCUT2D eigenvalue weighted by molar-refractivity contribution is 5.73. The van der Waals surface area contributed by atoms with Gasteiger partial charge >= 0.3 is 0 Å². The molecule has 4 rings (SSSR count). The van der Waals surface area contributed by atoms with Crippen molar-refractivity contribution in [3.8, 4) is 11.5 Å². The van der Waals surface area contributed by atoms with Crippen LogP contribution in [0, 0.1) is 20.8 Å². The second-order valence-corrected chi connectivity index (χ2v) is 6.86. The van der Waals surface area contributed by atoms with Gasteiger partial charge in [0.15, 0.2) is 11.2 Å². The van der Waals surface area contributed by atoms with Gasteiger partial charge in [0.05, 0.1) is 0 Å². The molecule has 3 heterocycles. The Morgan fingerprint density at radius 1 is 1.17 bits per heavy atom. The molecule has 0 saturated heterocycles. The summed E-state index contributed by atoms with van der Waals surface area (Å²) < 4.78 is 12.5. The molecule has 1 unspecified atom stereocenters. The van der Waals surface area contributed by atoms with Gasteiger partial charge in [-0.05, 0) is 69.4 Å². The van der Waals surface area contributed by atoms with E-state index in [1.165, 1.54) is 0 Å². The van der Waals surface area contributed by atoms with Crippen molar-refractivity contribution in [1.82, 2.24) is 4.98 Å². The summed E-state index contributed by atoms with van der Waals surface area (Å²) in [5.41, 5.74) is 4.98. The summed E-state index contributed by atoms with van der Waals surface area (Å²) in [7, 11) is 0. The van der Waals surface area contributed by atoms with E-state index in [2.05, 4.69) is 11.9 Å². The molecule has 0 spiro atoms. The molecule has 0 aliphatic carbocycles. The topological polar surface area (TPSA) is 55.5 Å². The van der Waals surface area contributed by atoms with Crippen LogP contribution in [0.3, 0.4) is 0 Å². The van der Waals surface area contributed by atoms with Crippen LogP contribution in [0.2, 0.25) is 0 Å². The maximum absolute atomic E-state index is 10.3. The van der Waals surface area contributed by atoms with Crippen LogP contribution in [0.25, 0.3) is 11.1 Å². The lowest BCUT2D eigenvalue weighted by atomic mass is 9.86. The Labute approximate surface area is 141 Å². The zero-order valence-corrected chi connectivity index (χ0v) is 14.4. The second kappa shape index (κ2) is 5.00. The standard InChI is InChI=1S/C20H21NO3/c1-11-12(2)19-14(13(3)18(11)22)7-8-20(4,24-19)17-10-15-16(23-17)6-5-9-21-15/h5-6,9-10,22H,7-8H2,1-4H3. The average Bonchev–Trinajstić information content (AvgIpc) is 3.03. The summed E-state index contributed by atoms with van der Waals surface area (Å²) in [4.78, 5) is 4.35. The molecule has 0 bridgehead atoms. The fourth-order valence-corrected chi connectivity index (χ4v) is 3.55. The number of ether oxygens (including phenoxy) is 1. The molecular weight excluding hydrogens is 302 g/mol. The summed E-state index contributed by atoms with van der Waals surface area (Å²) >= 11 is 0. The number of benzene rings is 1. The largest absolute Gasteiger partial charge is 0.507 e. The molecule has 1 atom stereocenters. The maximum atomic E-state index is 10.3. The third-order valence-corrected chi connectivity index (χ3v) is 5.33. The van der Waals surface area contributed by atoms with Crippen molar-refractivity contribution in [2.45, 2.75) is 46.1 Å². The van der Waals surface area contributed by atoms with Crippen LogP contribution >= 0.6 is 0 Å². The molecule has 1 aliphatic rings. The van der Waals surface area contributed by atoms with Crippen LogP contribution in [0.4, 0.5) is 0 Å². The minimum Gasteiger partial charge on any atom is -0.507 e. The van der Waals surface area contributed by atoms with E-state index in [9.17, 15) is 5.11 Å². The third-order valence-electron chi connectivity index (χ3n) is 5.33. The SMILES string of the molecule is Cc1c(C)c2c(c(C)c1O)CCC(C)(c1cc3ncccc3o1)O2. The van der Waals surface area contributed by atoms with Crippen molar-refractivity contribution in [2.24, 2.45) is 0 Å². The fourth-order valence-electron chi connectivity index (χ4n) is 3.55. The zero-order chi connectivity index (χ0) is 17.1. The van der Waals surface area contributed by atoms with Crippen LogP contribution in [-0.2, 0) is 12.0 Å². The Morgan fingerprint density at radius 2 is 1.96 bits per heavy atom. The number of fused-ring (bicyclic) bond motifs is 2. The van der Waals surface area contributed by atoms with Gasteiger partial charge in [0.1, 0.15) is 22.8 Å². The molecule has 0 radical (unpaired) electrons. The molecule has 4 heteroatoms. The van der Waals surface area contributed by atoms with Gasteiger partial charge in [0.2, 0.25) is 0 Å². The first-order valence-electron chi connectivity index (χ1n) is 8.26. The molecule has 1 aliphatic heterocycles. The molecule has 0 amide bonds. The lowest BCUT2D eigenvalue weighted by Gasteiger charge is -2.36. The molecule has 0 saturated carbocycles. The molecule has 124 valence electrons. The van der Waals surface area contributed by atoms with E-state index >= 15 is 0 Å². The predicted octanol–water partition coefficient (Wildman–Crippen LogP) is 4.70. The van der Waals surface area contributed by atoms with Gasteiger partial charge < -0.3 is 14.3 Å². The maximum Gasteiger partial charge on any atom is 0.164 e. The van der Waals surface area contributed by atoms with E-state index in [0.717, 1.165) is 57.7 Å². The highest BCUT2D eigenvalue weighted by Gasteiger charge is 2.38. The molecule has 1 aromatic carbocycles. The summed E-state index contributed by atoms with van der Waals surface area (Å²) in [6.07, 6.45) is 3.40. The van der Waals surface area contributed by atoms with Gasteiger partial charge in [-0.25, -0.2) is 0 Å². The van der Waals surface area contributed by atoms with E-state index in [0.29, 0.717) is 5.75 Å². The lowest BCUT2D eigenvalue weighted by molar-refractivity contribution is 0.0405. The predicted molar refractivity (Wildman–Crippen MR) is 92.6 cm³/mol. The van der Waals surface area contributed by atoms with Crippen LogP contribution in [-0.4, -0.2) is 10.1 Å². The van der Waals surface area contributed by atoms with Crippen LogP contribution in [0.1, 0.15) is 41.4 Å². The Hall–Kier alpha value is -2.49. The first-order valence-corrected chi connectivity index (χ1v) is 8.26. The summed E-state index contributed by atoms with van der Waals surface area (Å²) in [5.74, 6) is 2.06. The van der Waals surface area contributed by atoms with Crippen molar-refractivity contribution in [3.05, 3.63) is 52.4 Å².